The van der Waals surface area contributed by atoms with E-state index in [1.807, 2.05) is 12.1 Å². The lowest BCUT2D eigenvalue weighted by molar-refractivity contribution is 0.386. The zero-order chi connectivity index (χ0) is 23.7. The van der Waals surface area contributed by atoms with Crippen molar-refractivity contribution in [2.24, 2.45) is 0 Å². The number of hydrogen-bond donors (Lipinski definition) is 0. The van der Waals surface area contributed by atoms with E-state index in [0.717, 1.165) is 22.0 Å². The highest BCUT2D eigenvalue weighted by molar-refractivity contribution is 7.22. The van der Waals surface area contributed by atoms with E-state index in [2.05, 4.69) is 10.2 Å². The molecule has 3 heterocycles. The molecule has 0 fully saturated rings. The van der Waals surface area contributed by atoms with E-state index in [1.165, 1.54) is 23.9 Å². The van der Waals surface area contributed by atoms with E-state index >= 15 is 0 Å². The Bertz CT molecular complexity index is 1610. The number of benzene rings is 1. The highest BCUT2D eigenvalue weighted by atomic mass is 32.1. The Balaban J connectivity index is 2.07. The minimum atomic E-state index is -0.690. The van der Waals surface area contributed by atoms with Crippen LogP contribution in [0.2, 0.25) is 0 Å². The van der Waals surface area contributed by atoms with Crippen molar-refractivity contribution >= 4 is 21.6 Å². The lowest BCUT2D eigenvalue weighted by Gasteiger charge is -2.10. The molecule has 0 amide bonds. The maximum absolute atomic E-state index is 14.1. The van der Waals surface area contributed by atoms with E-state index in [-0.39, 0.29) is 34.8 Å². The maximum Gasteiger partial charge on any atom is 0.337 e. The summed E-state index contributed by atoms with van der Waals surface area (Å²) in [6, 6.07) is 9.52. The fourth-order valence-electron chi connectivity index (χ4n) is 3.42. The minimum absolute atomic E-state index is 0.0334. The first-order valence-corrected chi connectivity index (χ1v) is 10.4. The molecule has 0 aliphatic carbocycles. The van der Waals surface area contributed by atoms with Gasteiger partial charge in [-0.2, -0.15) is 15.6 Å². The second-order valence-corrected chi connectivity index (χ2v) is 8.10. The first kappa shape index (κ1) is 21.9. The summed E-state index contributed by atoms with van der Waals surface area (Å²) in [5.41, 5.74) is 0.160. The number of nitrogens with zero attached hydrogens (tertiary/aromatic N) is 6. The molecule has 0 unspecified atom stereocenters. The van der Waals surface area contributed by atoms with Crippen molar-refractivity contribution in [2.45, 2.75) is 19.9 Å². The monoisotopic (exact) mass is 462 g/mol. The van der Waals surface area contributed by atoms with Crippen molar-refractivity contribution in [2.75, 3.05) is 7.11 Å². The number of aromatic nitrogens is 4. The molecule has 4 aromatic rings. The van der Waals surface area contributed by atoms with Crippen molar-refractivity contribution in [3.05, 3.63) is 68.2 Å². The lowest BCUT2D eigenvalue weighted by atomic mass is 10.1. The number of methoxy groups -OCH3 is 1. The average Bonchev–Trinajstić information content (AvgIpc) is 3.24. The molecule has 1 aromatic carbocycles. The van der Waals surface area contributed by atoms with Crippen LogP contribution in [0.4, 0.5) is 4.39 Å². The number of ether oxygens (including phenoxy) is 1. The second-order valence-electron chi connectivity index (χ2n) is 7.04. The smallest absolute Gasteiger partial charge is 0.337 e. The van der Waals surface area contributed by atoms with E-state index in [4.69, 9.17) is 10.00 Å². The van der Waals surface area contributed by atoms with Crippen LogP contribution < -0.4 is 16.0 Å². The van der Waals surface area contributed by atoms with Gasteiger partial charge in [0.05, 0.1) is 42.9 Å². The predicted octanol–water partition coefficient (Wildman–Crippen LogP) is 2.91. The molecule has 3 aromatic heterocycles. The van der Waals surface area contributed by atoms with Gasteiger partial charge in [0.2, 0.25) is 0 Å². The molecule has 4 rings (SSSR count). The van der Waals surface area contributed by atoms with Gasteiger partial charge in [0.25, 0.3) is 5.56 Å². The zero-order valence-corrected chi connectivity index (χ0v) is 18.3. The van der Waals surface area contributed by atoms with Crippen LogP contribution in [0.15, 0.2) is 40.1 Å². The summed E-state index contributed by atoms with van der Waals surface area (Å²) in [7, 11) is 1.31. The average molecular weight is 462 g/mol. The van der Waals surface area contributed by atoms with Crippen LogP contribution in [0, 0.1) is 35.4 Å². The van der Waals surface area contributed by atoms with Crippen LogP contribution in [0.3, 0.4) is 0 Å². The molecule has 0 aliphatic heterocycles. The Hall–Kier alpha value is -4.35. The zero-order valence-electron chi connectivity index (χ0n) is 17.5. The van der Waals surface area contributed by atoms with E-state index in [0.29, 0.717) is 21.5 Å². The molecule has 0 N–H and O–H groups in total. The van der Waals surface area contributed by atoms with E-state index in [1.54, 1.807) is 19.1 Å². The molecule has 0 spiro atoms. The van der Waals surface area contributed by atoms with Crippen molar-refractivity contribution in [1.82, 2.24) is 19.3 Å². The fourth-order valence-corrected chi connectivity index (χ4v) is 4.55. The van der Waals surface area contributed by atoms with E-state index < -0.39 is 17.1 Å². The van der Waals surface area contributed by atoms with Gasteiger partial charge in [0.1, 0.15) is 4.70 Å². The van der Waals surface area contributed by atoms with Gasteiger partial charge >= 0.3 is 5.69 Å². The van der Waals surface area contributed by atoms with Crippen LogP contribution in [0.5, 0.6) is 5.75 Å². The third-order valence-electron chi connectivity index (χ3n) is 4.96. The molecular formula is C22H15FN6O3S. The molecule has 9 nitrogen and oxygen atoms in total. The molecule has 0 bridgehead atoms. The number of rotatable bonds is 5. The summed E-state index contributed by atoms with van der Waals surface area (Å²) in [4.78, 5) is 27.1. The number of hydrogen-bond acceptors (Lipinski definition) is 8. The van der Waals surface area contributed by atoms with Crippen LogP contribution in [0.25, 0.3) is 26.5 Å². The molecule has 0 saturated carbocycles. The SMILES string of the molecule is COc1cc(-c2cc3c(s2)c(=O)n(-c2cc(C)cnn2)c(=O)n3CCC#N)c(C#N)cc1F. The summed E-state index contributed by atoms with van der Waals surface area (Å²) >= 11 is 1.05. The van der Waals surface area contributed by atoms with Gasteiger partial charge in [-0.05, 0) is 36.8 Å². The van der Waals surface area contributed by atoms with Gasteiger partial charge in [0, 0.05) is 17.0 Å². The Morgan fingerprint density at radius 3 is 2.67 bits per heavy atom. The predicted molar refractivity (Wildman–Crippen MR) is 119 cm³/mol. The third-order valence-corrected chi connectivity index (χ3v) is 6.10. The van der Waals surface area contributed by atoms with Crippen LogP contribution >= 0.6 is 11.3 Å². The van der Waals surface area contributed by atoms with Gasteiger partial charge in [-0.15, -0.1) is 16.4 Å². The van der Waals surface area contributed by atoms with Crippen LogP contribution in [0.1, 0.15) is 17.5 Å². The van der Waals surface area contributed by atoms with Crippen molar-refractivity contribution in [1.29, 1.82) is 10.5 Å². The normalized spacial score (nSPS) is 10.7. The first-order valence-electron chi connectivity index (χ1n) is 9.63. The summed E-state index contributed by atoms with van der Waals surface area (Å²) in [6.07, 6.45) is 1.53. The molecule has 0 saturated heterocycles. The quantitative estimate of drug-likeness (QED) is 0.446. The minimum Gasteiger partial charge on any atom is -0.494 e. The Kier molecular flexibility index (Phi) is 5.73. The Labute approximate surface area is 190 Å². The topological polar surface area (TPSA) is 127 Å². The summed E-state index contributed by atoms with van der Waals surface area (Å²) in [5, 5.41) is 26.3. The largest absolute Gasteiger partial charge is 0.494 e. The maximum atomic E-state index is 14.1. The Morgan fingerprint density at radius 2 is 2.00 bits per heavy atom. The summed E-state index contributed by atoms with van der Waals surface area (Å²) < 4.78 is 21.6. The molecule has 0 atom stereocenters. The van der Waals surface area contributed by atoms with Crippen molar-refractivity contribution < 1.29 is 9.13 Å². The highest BCUT2D eigenvalue weighted by Crippen LogP contribution is 2.36. The molecular weight excluding hydrogens is 447 g/mol. The van der Waals surface area contributed by atoms with Crippen molar-refractivity contribution in [3.8, 4) is 34.1 Å². The third kappa shape index (κ3) is 3.75. The lowest BCUT2D eigenvalue weighted by Crippen LogP contribution is -2.39. The number of aryl methyl sites for hydroxylation is 2. The Morgan fingerprint density at radius 1 is 1.21 bits per heavy atom. The van der Waals surface area contributed by atoms with Gasteiger partial charge in [0.15, 0.2) is 17.4 Å². The van der Waals surface area contributed by atoms with Gasteiger partial charge in [-0.25, -0.2) is 13.8 Å². The fraction of sp³-hybridized carbons (Fsp3) is 0.182. The number of thiophene rings is 1. The molecule has 0 aliphatic rings. The molecule has 164 valence electrons. The second kappa shape index (κ2) is 8.65. The summed E-state index contributed by atoms with van der Waals surface area (Å²) in [6.45, 7) is 1.80. The molecule has 33 heavy (non-hydrogen) atoms. The van der Waals surface area contributed by atoms with Crippen molar-refractivity contribution in [3.63, 3.8) is 0 Å². The number of fused-ring (bicyclic) bond motifs is 1. The highest BCUT2D eigenvalue weighted by Gasteiger charge is 2.21. The standard InChI is InChI=1S/C22H15FN6O3S/c1-12-6-19(27-26-11-12)29-21(30)20-16(28(22(29)31)5-3-4-24)9-18(33-20)14-8-17(32-2)15(23)7-13(14)10-25/h6-9,11H,3,5H2,1-2H3. The first-order chi connectivity index (χ1) is 15.9. The summed E-state index contributed by atoms with van der Waals surface area (Å²) in [5.74, 6) is -0.685. The van der Waals surface area contributed by atoms with Crippen LogP contribution in [-0.4, -0.2) is 26.4 Å². The van der Waals surface area contributed by atoms with Gasteiger partial charge in [-0.1, -0.05) is 0 Å². The van der Waals surface area contributed by atoms with Crippen LogP contribution in [-0.2, 0) is 6.54 Å². The van der Waals surface area contributed by atoms with Gasteiger partial charge < -0.3 is 4.74 Å². The molecule has 0 radical (unpaired) electrons. The van der Waals surface area contributed by atoms with E-state index in [9.17, 15) is 19.2 Å². The molecule has 11 heteroatoms. The number of nitriles is 2. The van der Waals surface area contributed by atoms with Gasteiger partial charge in [-0.3, -0.25) is 9.36 Å². The number of halogens is 1.